The van der Waals surface area contributed by atoms with Crippen molar-refractivity contribution in [1.82, 2.24) is 4.98 Å². The molecule has 0 saturated heterocycles. The minimum absolute atomic E-state index is 0.0752. The Labute approximate surface area is 134 Å². The molecule has 0 radical (unpaired) electrons. The number of benzene rings is 1. The molecule has 1 aromatic heterocycles. The Bertz CT molecular complexity index is 760. The molecule has 0 aliphatic heterocycles. The maximum atomic E-state index is 8.85. The van der Waals surface area contributed by atoms with Crippen LogP contribution in [0.2, 0.25) is 0 Å². The molecule has 1 heterocycles. The molecular formula is C18H13N3S. The summed E-state index contributed by atoms with van der Waals surface area (Å²) in [5.41, 5.74) is 2.27. The van der Waals surface area contributed by atoms with E-state index < -0.39 is 0 Å². The lowest BCUT2D eigenvalue weighted by Crippen LogP contribution is -1.84. The van der Waals surface area contributed by atoms with Crippen LogP contribution in [0.5, 0.6) is 0 Å². The molecule has 3 nitrogen and oxygen atoms in total. The highest BCUT2D eigenvalue weighted by Crippen LogP contribution is 2.33. The normalized spacial score (nSPS) is 10.4. The van der Waals surface area contributed by atoms with Crippen LogP contribution in [0.4, 0.5) is 0 Å². The average Bonchev–Trinajstić information content (AvgIpc) is 2.56. The van der Waals surface area contributed by atoms with Gasteiger partial charge in [-0.1, -0.05) is 47.7 Å². The molecule has 2 aromatic rings. The molecule has 0 aliphatic rings. The van der Waals surface area contributed by atoms with Crippen molar-refractivity contribution in [2.24, 2.45) is 0 Å². The van der Waals surface area contributed by atoms with Crippen molar-refractivity contribution in [2.75, 3.05) is 0 Å². The first-order chi connectivity index (χ1) is 10.7. The van der Waals surface area contributed by atoms with Crippen LogP contribution in [-0.2, 0) is 0 Å². The van der Waals surface area contributed by atoms with Gasteiger partial charge in [-0.15, -0.1) is 0 Å². The van der Waals surface area contributed by atoms with Crippen molar-refractivity contribution in [2.45, 2.75) is 11.9 Å². The number of pyridine rings is 1. The first-order valence-corrected chi connectivity index (χ1v) is 7.42. The highest BCUT2D eigenvalue weighted by atomic mass is 32.2. The molecule has 0 saturated carbocycles. The second kappa shape index (κ2) is 7.83. The standard InChI is InChI=1S/C18H13N3S/c1-14-5-8-16(9-6-14)17(10-7-15(12-19)13-20)22-18-4-2-3-11-21-18/h2-11H,1H3. The lowest BCUT2D eigenvalue weighted by molar-refractivity contribution is 1.14. The van der Waals surface area contributed by atoms with Crippen LogP contribution in [-0.4, -0.2) is 4.98 Å². The fraction of sp³-hybridized carbons (Fsp3) is 0.0556. The summed E-state index contributed by atoms with van der Waals surface area (Å²) in [5, 5.41) is 18.6. The second-order valence-electron chi connectivity index (χ2n) is 4.47. The van der Waals surface area contributed by atoms with E-state index in [2.05, 4.69) is 4.98 Å². The van der Waals surface area contributed by atoms with Gasteiger partial charge in [-0.25, -0.2) is 4.98 Å². The minimum Gasteiger partial charge on any atom is -0.250 e. The van der Waals surface area contributed by atoms with Crippen LogP contribution < -0.4 is 0 Å². The molecule has 0 fully saturated rings. The van der Waals surface area contributed by atoms with Gasteiger partial charge in [-0.3, -0.25) is 0 Å². The number of rotatable bonds is 4. The number of nitriles is 2. The van der Waals surface area contributed by atoms with E-state index in [0.717, 1.165) is 15.5 Å². The van der Waals surface area contributed by atoms with Gasteiger partial charge in [0.05, 0.1) is 0 Å². The van der Waals surface area contributed by atoms with E-state index >= 15 is 0 Å². The molecule has 0 aliphatic carbocycles. The average molecular weight is 303 g/mol. The van der Waals surface area contributed by atoms with Crippen LogP contribution in [0, 0.1) is 29.6 Å². The molecule has 0 bridgehead atoms. The number of thioether (sulfide) groups is 1. The number of hydrogen-bond donors (Lipinski definition) is 0. The van der Waals surface area contributed by atoms with E-state index in [9.17, 15) is 0 Å². The number of aryl methyl sites for hydroxylation is 1. The number of hydrogen-bond acceptors (Lipinski definition) is 4. The molecule has 0 N–H and O–H groups in total. The summed E-state index contributed by atoms with van der Waals surface area (Å²) < 4.78 is 0. The highest BCUT2D eigenvalue weighted by Gasteiger charge is 2.05. The zero-order valence-electron chi connectivity index (χ0n) is 12.0. The zero-order chi connectivity index (χ0) is 15.8. The summed E-state index contributed by atoms with van der Waals surface area (Å²) in [6, 6.07) is 17.5. The summed E-state index contributed by atoms with van der Waals surface area (Å²) in [6.07, 6.45) is 5.05. The van der Waals surface area contributed by atoms with Crippen molar-refractivity contribution in [1.29, 1.82) is 10.5 Å². The Balaban J connectivity index is 2.39. The predicted molar refractivity (Wildman–Crippen MR) is 88.6 cm³/mol. The van der Waals surface area contributed by atoms with Crippen molar-refractivity contribution < 1.29 is 0 Å². The van der Waals surface area contributed by atoms with Gasteiger partial charge >= 0.3 is 0 Å². The number of aromatic nitrogens is 1. The molecule has 22 heavy (non-hydrogen) atoms. The number of allylic oxidation sites excluding steroid dienone is 3. The van der Waals surface area contributed by atoms with E-state index in [-0.39, 0.29) is 5.57 Å². The molecule has 0 spiro atoms. The van der Waals surface area contributed by atoms with Gasteiger partial charge in [0.1, 0.15) is 22.7 Å². The summed E-state index contributed by atoms with van der Waals surface area (Å²) >= 11 is 1.50. The molecule has 2 rings (SSSR count). The SMILES string of the molecule is Cc1ccc(C(=CC=C(C#N)C#N)Sc2ccccn2)cc1. The lowest BCUT2D eigenvalue weighted by Gasteiger charge is -2.07. The fourth-order valence-electron chi connectivity index (χ4n) is 1.69. The van der Waals surface area contributed by atoms with Gasteiger partial charge in [0.25, 0.3) is 0 Å². The molecule has 1 aromatic carbocycles. The highest BCUT2D eigenvalue weighted by molar-refractivity contribution is 8.08. The van der Waals surface area contributed by atoms with E-state index in [1.807, 2.05) is 61.5 Å². The molecule has 0 atom stereocenters. The Morgan fingerprint density at radius 2 is 1.77 bits per heavy atom. The molecule has 106 valence electrons. The molecule has 4 heteroatoms. The van der Waals surface area contributed by atoms with Gasteiger partial charge < -0.3 is 0 Å². The minimum atomic E-state index is 0.0752. The summed E-state index contributed by atoms with van der Waals surface area (Å²) in [4.78, 5) is 5.23. The van der Waals surface area contributed by atoms with Crippen molar-refractivity contribution in [3.05, 3.63) is 77.5 Å². The third-order valence-electron chi connectivity index (χ3n) is 2.83. The van der Waals surface area contributed by atoms with Crippen LogP contribution >= 0.6 is 11.8 Å². The van der Waals surface area contributed by atoms with E-state index in [1.165, 1.54) is 23.4 Å². The monoisotopic (exact) mass is 303 g/mol. The van der Waals surface area contributed by atoms with Crippen LogP contribution in [0.15, 0.2) is 71.4 Å². The van der Waals surface area contributed by atoms with Gasteiger partial charge in [-0.05, 0) is 36.8 Å². The Hall–Kier alpha value is -2.82. The lowest BCUT2D eigenvalue weighted by atomic mass is 10.1. The Morgan fingerprint density at radius 3 is 2.36 bits per heavy atom. The van der Waals surface area contributed by atoms with Crippen LogP contribution in [0.25, 0.3) is 4.91 Å². The third-order valence-corrected chi connectivity index (χ3v) is 3.87. The van der Waals surface area contributed by atoms with Crippen LogP contribution in [0.1, 0.15) is 11.1 Å². The summed E-state index contributed by atoms with van der Waals surface area (Å²) in [7, 11) is 0. The Kier molecular flexibility index (Phi) is 5.54. The van der Waals surface area contributed by atoms with Crippen LogP contribution in [0.3, 0.4) is 0 Å². The fourth-order valence-corrected chi connectivity index (χ4v) is 2.56. The largest absolute Gasteiger partial charge is 0.250 e. The van der Waals surface area contributed by atoms with Gasteiger partial charge in [0.2, 0.25) is 0 Å². The third kappa shape index (κ3) is 4.34. The van der Waals surface area contributed by atoms with Crippen molar-refractivity contribution >= 4 is 16.7 Å². The molecule has 0 unspecified atom stereocenters. The zero-order valence-corrected chi connectivity index (χ0v) is 12.8. The summed E-state index contributed by atoms with van der Waals surface area (Å²) in [5.74, 6) is 0. The maximum Gasteiger partial charge on any atom is 0.129 e. The van der Waals surface area contributed by atoms with E-state index in [1.54, 1.807) is 12.3 Å². The smallest absolute Gasteiger partial charge is 0.129 e. The van der Waals surface area contributed by atoms with E-state index in [4.69, 9.17) is 10.5 Å². The molecular weight excluding hydrogens is 290 g/mol. The maximum absolute atomic E-state index is 8.85. The van der Waals surface area contributed by atoms with Crippen molar-refractivity contribution in [3.8, 4) is 12.1 Å². The van der Waals surface area contributed by atoms with E-state index in [0.29, 0.717) is 0 Å². The van der Waals surface area contributed by atoms with Gasteiger partial charge in [-0.2, -0.15) is 10.5 Å². The quantitative estimate of drug-likeness (QED) is 0.474. The second-order valence-corrected chi connectivity index (χ2v) is 5.53. The van der Waals surface area contributed by atoms with Gasteiger partial charge in [0, 0.05) is 11.1 Å². The Morgan fingerprint density at radius 1 is 1.05 bits per heavy atom. The van der Waals surface area contributed by atoms with Crippen molar-refractivity contribution in [3.63, 3.8) is 0 Å². The first-order valence-electron chi connectivity index (χ1n) is 6.61. The summed E-state index contributed by atoms with van der Waals surface area (Å²) in [6.45, 7) is 2.03. The first kappa shape index (κ1) is 15.6. The predicted octanol–water partition coefficient (Wildman–Crippen LogP) is 4.50. The van der Waals surface area contributed by atoms with Gasteiger partial charge in [0.15, 0.2) is 0 Å². The number of nitrogens with zero attached hydrogens (tertiary/aromatic N) is 3. The molecule has 0 amide bonds. The topological polar surface area (TPSA) is 60.5 Å².